The number of amides is 1. The van der Waals surface area contributed by atoms with E-state index in [-0.39, 0.29) is 12.0 Å². The maximum absolute atomic E-state index is 12.1. The van der Waals surface area contributed by atoms with Crippen molar-refractivity contribution in [1.29, 1.82) is 0 Å². The highest BCUT2D eigenvalue weighted by Crippen LogP contribution is 2.18. The number of carbonyl (C=O) groups is 1. The van der Waals surface area contributed by atoms with Crippen molar-refractivity contribution in [2.24, 2.45) is 0 Å². The molecule has 108 valence electrons. The highest BCUT2D eigenvalue weighted by atomic mass is 32.1. The molecule has 7 heteroatoms. The van der Waals surface area contributed by atoms with Crippen LogP contribution in [0.3, 0.4) is 0 Å². The molecule has 0 aliphatic rings. The number of imidazole rings is 1. The normalized spacial score (nSPS) is 11.0. The van der Waals surface area contributed by atoms with Crippen LogP contribution in [-0.4, -0.2) is 26.6 Å². The topological polar surface area (TPSA) is 68.5 Å². The zero-order chi connectivity index (χ0) is 14.8. The molecule has 0 unspecified atom stereocenters. The summed E-state index contributed by atoms with van der Waals surface area (Å²) in [6.45, 7) is 3.93. The molecule has 1 N–H and O–H groups in total. The molecule has 0 saturated heterocycles. The first-order valence-electron chi connectivity index (χ1n) is 6.49. The lowest BCUT2D eigenvalue weighted by molar-refractivity contribution is 0.102. The molecule has 0 atom stereocenters. The minimum atomic E-state index is -0.259. The van der Waals surface area contributed by atoms with Crippen molar-refractivity contribution in [3.8, 4) is 5.75 Å². The highest BCUT2D eigenvalue weighted by molar-refractivity contribution is 7.14. The largest absolute Gasteiger partial charge is 0.491 e. The molecule has 0 aliphatic heterocycles. The number of nitrogens with one attached hydrogen (secondary N) is 1. The third-order valence-corrected chi connectivity index (χ3v) is 3.39. The van der Waals surface area contributed by atoms with Crippen LogP contribution < -0.4 is 10.1 Å². The van der Waals surface area contributed by atoms with Crippen molar-refractivity contribution >= 4 is 27.9 Å². The molecule has 3 aromatic rings. The Morgan fingerprint density at radius 2 is 2.10 bits per heavy atom. The van der Waals surface area contributed by atoms with Crippen molar-refractivity contribution < 1.29 is 9.53 Å². The molecule has 1 amide bonds. The molecule has 3 rings (SSSR count). The van der Waals surface area contributed by atoms with Crippen molar-refractivity contribution in [2.45, 2.75) is 20.0 Å². The second kappa shape index (κ2) is 5.53. The van der Waals surface area contributed by atoms with Gasteiger partial charge in [-0.3, -0.25) is 4.79 Å². The maximum Gasteiger partial charge on any atom is 0.275 e. The molecule has 0 saturated carbocycles. The van der Waals surface area contributed by atoms with Gasteiger partial charge in [-0.05, 0) is 38.1 Å². The number of hydrogen-bond donors (Lipinski definition) is 1. The van der Waals surface area contributed by atoms with Gasteiger partial charge in [0.2, 0.25) is 4.96 Å². The second-order valence-electron chi connectivity index (χ2n) is 4.74. The Hall–Kier alpha value is -2.41. The first-order chi connectivity index (χ1) is 10.1. The third kappa shape index (κ3) is 3.03. The van der Waals surface area contributed by atoms with E-state index < -0.39 is 0 Å². The van der Waals surface area contributed by atoms with E-state index in [1.54, 1.807) is 28.4 Å². The zero-order valence-corrected chi connectivity index (χ0v) is 12.4. The molecule has 6 nitrogen and oxygen atoms in total. The minimum absolute atomic E-state index is 0.122. The Kier molecular flexibility index (Phi) is 3.57. The summed E-state index contributed by atoms with van der Waals surface area (Å²) in [5.74, 6) is 0.514. The van der Waals surface area contributed by atoms with Crippen LogP contribution >= 0.6 is 11.3 Å². The fourth-order valence-corrected chi connectivity index (χ4v) is 2.43. The highest BCUT2D eigenvalue weighted by Gasteiger charge is 2.12. The molecule has 0 radical (unpaired) electrons. The average molecular weight is 302 g/mol. The summed E-state index contributed by atoms with van der Waals surface area (Å²) < 4.78 is 7.14. The Morgan fingerprint density at radius 1 is 1.33 bits per heavy atom. The second-order valence-corrected chi connectivity index (χ2v) is 5.55. The lowest BCUT2D eigenvalue weighted by atomic mass is 10.3. The zero-order valence-electron chi connectivity index (χ0n) is 11.6. The number of ether oxygens (including phenoxy) is 1. The molecule has 21 heavy (non-hydrogen) atoms. The lowest BCUT2D eigenvalue weighted by Crippen LogP contribution is -2.12. The van der Waals surface area contributed by atoms with E-state index in [9.17, 15) is 4.79 Å². The predicted octanol–water partition coefficient (Wildman–Crippen LogP) is 2.83. The summed E-state index contributed by atoms with van der Waals surface area (Å²) in [6.07, 6.45) is 1.73. The molecule has 0 aliphatic carbocycles. The van der Waals surface area contributed by atoms with Crippen LogP contribution in [0, 0.1) is 0 Å². The molecular weight excluding hydrogens is 288 g/mol. The molecule has 2 aromatic heterocycles. The summed E-state index contributed by atoms with van der Waals surface area (Å²) in [7, 11) is 0. The molecular formula is C14H14N4O2S. The van der Waals surface area contributed by atoms with Crippen molar-refractivity contribution in [1.82, 2.24) is 14.6 Å². The number of fused-ring (bicyclic) bond motifs is 1. The summed E-state index contributed by atoms with van der Waals surface area (Å²) in [5, 5.41) is 6.84. The SMILES string of the molecule is CC(C)Oc1ccc(NC(=O)c2cn3ncsc3n2)cc1. The summed E-state index contributed by atoms with van der Waals surface area (Å²) >= 11 is 1.38. The van der Waals surface area contributed by atoms with Gasteiger partial charge in [0.15, 0.2) is 0 Å². The van der Waals surface area contributed by atoms with Gasteiger partial charge in [0, 0.05) is 5.69 Å². The van der Waals surface area contributed by atoms with Gasteiger partial charge >= 0.3 is 0 Å². The van der Waals surface area contributed by atoms with E-state index >= 15 is 0 Å². The number of carbonyl (C=O) groups excluding carboxylic acids is 1. The quantitative estimate of drug-likeness (QED) is 0.804. The van der Waals surface area contributed by atoms with E-state index in [0.717, 1.165) is 5.75 Å². The summed E-state index contributed by atoms with van der Waals surface area (Å²) in [5.41, 5.74) is 2.72. The number of rotatable bonds is 4. The van der Waals surface area contributed by atoms with Crippen LogP contribution in [0.1, 0.15) is 24.3 Å². The van der Waals surface area contributed by atoms with Gasteiger partial charge in [-0.15, -0.1) is 0 Å². The third-order valence-electron chi connectivity index (χ3n) is 2.70. The molecule has 2 heterocycles. The number of benzene rings is 1. The van der Waals surface area contributed by atoms with Crippen LogP contribution in [0.2, 0.25) is 0 Å². The van der Waals surface area contributed by atoms with Gasteiger partial charge in [0.1, 0.15) is 17.0 Å². The average Bonchev–Trinajstić information content (AvgIpc) is 3.01. The molecule has 0 spiro atoms. The van der Waals surface area contributed by atoms with Crippen LogP contribution in [0.25, 0.3) is 4.96 Å². The van der Waals surface area contributed by atoms with Gasteiger partial charge in [-0.1, -0.05) is 11.3 Å². The maximum atomic E-state index is 12.1. The standard InChI is InChI=1S/C14H14N4O2S/c1-9(2)20-11-5-3-10(4-6-11)16-13(19)12-7-18-14(17-12)21-8-15-18/h3-9H,1-2H3,(H,16,19). The van der Waals surface area contributed by atoms with Gasteiger partial charge < -0.3 is 10.1 Å². The van der Waals surface area contributed by atoms with Gasteiger partial charge in [0.25, 0.3) is 5.91 Å². The number of anilines is 1. The van der Waals surface area contributed by atoms with Crippen molar-refractivity contribution in [3.63, 3.8) is 0 Å². The van der Waals surface area contributed by atoms with E-state index in [4.69, 9.17) is 4.74 Å². The number of nitrogens with zero attached hydrogens (tertiary/aromatic N) is 3. The monoisotopic (exact) mass is 302 g/mol. The summed E-state index contributed by atoms with van der Waals surface area (Å²) in [4.78, 5) is 17.0. The first kappa shape index (κ1) is 13.6. The predicted molar refractivity (Wildman–Crippen MR) is 81.0 cm³/mol. The Morgan fingerprint density at radius 3 is 2.76 bits per heavy atom. The Bertz CT molecular complexity index is 732. The van der Waals surface area contributed by atoms with Crippen molar-refractivity contribution in [2.75, 3.05) is 5.32 Å². The van der Waals surface area contributed by atoms with E-state index in [1.165, 1.54) is 11.3 Å². The molecule has 0 fully saturated rings. The van der Waals surface area contributed by atoms with Crippen LogP contribution in [0.15, 0.2) is 36.0 Å². The van der Waals surface area contributed by atoms with E-state index in [0.29, 0.717) is 16.3 Å². The van der Waals surface area contributed by atoms with E-state index in [2.05, 4.69) is 15.4 Å². The molecule has 0 bridgehead atoms. The fourth-order valence-electron chi connectivity index (χ4n) is 1.83. The Labute approximate surface area is 125 Å². The first-order valence-corrected chi connectivity index (χ1v) is 7.37. The smallest absolute Gasteiger partial charge is 0.275 e. The minimum Gasteiger partial charge on any atom is -0.491 e. The lowest BCUT2D eigenvalue weighted by Gasteiger charge is -2.10. The van der Waals surface area contributed by atoms with Crippen LogP contribution in [0.4, 0.5) is 5.69 Å². The van der Waals surface area contributed by atoms with Gasteiger partial charge in [-0.2, -0.15) is 5.10 Å². The molecule has 1 aromatic carbocycles. The Balaban J connectivity index is 1.70. The fraction of sp³-hybridized carbons (Fsp3) is 0.214. The number of hydrogen-bond acceptors (Lipinski definition) is 5. The van der Waals surface area contributed by atoms with E-state index in [1.807, 2.05) is 26.0 Å². The van der Waals surface area contributed by atoms with Crippen LogP contribution in [0.5, 0.6) is 5.75 Å². The van der Waals surface area contributed by atoms with Gasteiger partial charge in [0.05, 0.1) is 12.3 Å². The summed E-state index contributed by atoms with van der Waals surface area (Å²) in [6, 6.07) is 7.24. The van der Waals surface area contributed by atoms with Crippen molar-refractivity contribution in [3.05, 3.63) is 41.7 Å². The number of aromatic nitrogens is 3. The van der Waals surface area contributed by atoms with Gasteiger partial charge in [-0.25, -0.2) is 9.50 Å². The van der Waals surface area contributed by atoms with Crippen LogP contribution in [-0.2, 0) is 0 Å².